The Morgan fingerprint density at radius 3 is 2.12 bits per heavy atom. The van der Waals surface area contributed by atoms with Crippen LogP contribution in [0.2, 0.25) is 0 Å². The summed E-state index contributed by atoms with van der Waals surface area (Å²) in [7, 11) is -2.56. The quantitative estimate of drug-likeness (QED) is 0.334. The van der Waals surface area contributed by atoms with Crippen LogP contribution in [-0.4, -0.2) is 57.4 Å². The molecule has 4 rings (SSSR count). The molecular weight excluding hydrogens is 538 g/mol. The Morgan fingerprint density at radius 1 is 0.902 bits per heavy atom. The first-order valence-electron chi connectivity index (χ1n) is 14.1. The molecule has 1 aliphatic carbocycles. The lowest BCUT2D eigenvalue weighted by Gasteiger charge is -2.33. The Hall–Kier alpha value is -3.85. The van der Waals surface area contributed by atoms with Gasteiger partial charge < -0.3 is 15.0 Å². The Kier molecular flexibility index (Phi) is 10.4. The zero-order valence-electron chi connectivity index (χ0n) is 23.7. The molecule has 0 heterocycles. The average molecular weight is 578 g/mol. The molecule has 0 unspecified atom stereocenters. The lowest BCUT2D eigenvalue weighted by atomic mass is 9.95. The number of nitrogens with one attached hydrogen (secondary N) is 1. The molecule has 3 aromatic carbocycles. The monoisotopic (exact) mass is 577 g/mol. The molecule has 0 saturated heterocycles. The molecule has 2 amide bonds. The Bertz CT molecular complexity index is 1380. The molecule has 1 atom stereocenters. The van der Waals surface area contributed by atoms with Gasteiger partial charge in [0.2, 0.25) is 11.8 Å². The van der Waals surface area contributed by atoms with Gasteiger partial charge in [0.15, 0.2) is 0 Å². The van der Waals surface area contributed by atoms with Gasteiger partial charge in [-0.15, -0.1) is 0 Å². The van der Waals surface area contributed by atoms with Crippen molar-refractivity contribution in [2.75, 3.05) is 24.5 Å². The lowest BCUT2D eigenvalue weighted by Crippen LogP contribution is -2.53. The van der Waals surface area contributed by atoms with E-state index in [1.807, 2.05) is 30.3 Å². The summed E-state index contributed by atoms with van der Waals surface area (Å²) in [6.07, 6.45) is 5.70. The standard InChI is InChI=1S/C32H39N3O5S/c1-25(32(37)33-27-14-8-4-9-15-27)34(23-22-26-12-6-3-7-13-26)31(36)24-35(28-18-20-29(40-2)21-19-28)41(38,39)30-16-10-5-11-17-30/h3,5-7,10-13,16-21,25,27H,4,8-9,14-15,22-24H2,1-2H3,(H,33,37)/t25-/m1/s1. The summed E-state index contributed by atoms with van der Waals surface area (Å²) >= 11 is 0. The van der Waals surface area contributed by atoms with E-state index in [9.17, 15) is 18.0 Å². The molecule has 3 aromatic rings. The minimum absolute atomic E-state index is 0.0718. The van der Waals surface area contributed by atoms with Crippen LogP contribution in [-0.2, 0) is 26.0 Å². The summed E-state index contributed by atoms with van der Waals surface area (Å²) in [6.45, 7) is 1.52. The molecule has 1 aliphatic rings. The van der Waals surface area contributed by atoms with Crippen LogP contribution in [0.5, 0.6) is 5.75 Å². The molecule has 9 heteroatoms. The normalized spacial score (nSPS) is 14.6. The van der Waals surface area contributed by atoms with E-state index in [-0.39, 0.29) is 23.4 Å². The van der Waals surface area contributed by atoms with Crippen LogP contribution < -0.4 is 14.4 Å². The average Bonchev–Trinajstić information content (AvgIpc) is 3.01. The van der Waals surface area contributed by atoms with Gasteiger partial charge in [-0.05, 0) is 68.1 Å². The van der Waals surface area contributed by atoms with Crippen molar-refractivity contribution in [2.45, 2.75) is 62.4 Å². The van der Waals surface area contributed by atoms with Gasteiger partial charge in [0, 0.05) is 12.6 Å². The van der Waals surface area contributed by atoms with Crippen molar-refractivity contribution in [3.05, 3.63) is 90.5 Å². The van der Waals surface area contributed by atoms with E-state index in [1.54, 1.807) is 49.4 Å². The lowest BCUT2D eigenvalue weighted by molar-refractivity contribution is -0.139. The largest absolute Gasteiger partial charge is 0.497 e. The second-order valence-electron chi connectivity index (χ2n) is 10.4. The minimum Gasteiger partial charge on any atom is -0.497 e. The number of carbonyl (C=O) groups excluding carboxylic acids is 2. The highest BCUT2D eigenvalue weighted by atomic mass is 32.2. The SMILES string of the molecule is COc1ccc(N(CC(=O)N(CCc2ccccc2)[C@H](C)C(=O)NC2CCCCC2)S(=O)(=O)c2ccccc2)cc1. The Labute approximate surface area is 243 Å². The molecular formula is C32H39N3O5S. The highest BCUT2D eigenvalue weighted by Crippen LogP contribution is 2.26. The number of anilines is 1. The molecule has 0 spiro atoms. The molecule has 218 valence electrons. The third-order valence-corrected chi connectivity index (χ3v) is 9.36. The molecule has 41 heavy (non-hydrogen) atoms. The van der Waals surface area contributed by atoms with Crippen molar-refractivity contribution < 1.29 is 22.7 Å². The van der Waals surface area contributed by atoms with Crippen LogP contribution in [0.1, 0.15) is 44.6 Å². The summed E-state index contributed by atoms with van der Waals surface area (Å²) < 4.78 is 34.0. The van der Waals surface area contributed by atoms with E-state index in [4.69, 9.17) is 4.74 Å². The van der Waals surface area contributed by atoms with Gasteiger partial charge in [-0.25, -0.2) is 8.42 Å². The topological polar surface area (TPSA) is 96.0 Å². The van der Waals surface area contributed by atoms with Gasteiger partial charge in [0.1, 0.15) is 18.3 Å². The molecule has 0 aromatic heterocycles. The van der Waals surface area contributed by atoms with E-state index in [1.165, 1.54) is 30.6 Å². The summed E-state index contributed by atoms with van der Waals surface area (Å²) in [6, 6.07) is 23.6. The maximum absolute atomic E-state index is 14.0. The number of benzene rings is 3. The summed E-state index contributed by atoms with van der Waals surface area (Å²) in [5.41, 5.74) is 1.35. The minimum atomic E-state index is -4.09. The van der Waals surface area contributed by atoms with Gasteiger partial charge in [-0.2, -0.15) is 0 Å². The van der Waals surface area contributed by atoms with Crippen molar-refractivity contribution in [2.24, 2.45) is 0 Å². The fourth-order valence-electron chi connectivity index (χ4n) is 5.14. The molecule has 1 fully saturated rings. The number of amides is 2. The van der Waals surface area contributed by atoms with Gasteiger partial charge in [-0.1, -0.05) is 67.8 Å². The molecule has 0 bridgehead atoms. The number of rotatable bonds is 12. The highest BCUT2D eigenvalue weighted by Gasteiger charge is 2.33. The van der Waals surface area contributed by atoms with E-state index < -0.39 is 28.5 Å². The first-order chi connectivity index (χ1) is 19.8. The molecule has 1 saturated carbocycles. The van der Waals surface area contributed by atoms with Gasteiger partial charge in [0.05, 0.1) is 17.7 Å². The summed E-state index contributed by atoms with van der Waals surface area (Å²) in [4.78, 5) is 28.9. The maximum Gasteiger partial charge on any atom is 0.264 e. The van der Waals surface area contributed by atoms with Gasteiger partial charge in [0.25, 0.3) is 10.0 Å². The smallest absolute Gasteiger partial charge is 0.264 e. The fraction of sp³-hybridized carbons (Fsp3) is 0.375. The number of hydrogen-bond donors (Lipinski definition) is 1. The van der Waals surface area contributed by atoms with Crippen molar-refractivity contribution in [1.82, 2.24) is 10.2 Å². The van der Waals surface area contributed by atoms with Crippen molar-refractivity contribution in [3.63, 3.8) is 0 Å². The molecule has 0 radical (unpaired) electrons. The van der Waals surface area contributed by atoms with Crippen LogP contribution in [0.25, 0.3) is 0 Å². The van der Waals surface area contributed by atoms with Crippen molar-refractivity contribution in [1.29, 1.82) is 0 Å². The summed E-state index contributed by atoms with van der Waals surface area (Å²) in [5, 5.41) is 3.13. The number of ether oxygens (including phenoxy) is 1. The predicted octanol–water partition coefficient (Wildman–Crippen LogP) is 4.80. The number of carbonyl (C=O) groups is 2. The van der Waals surface area contributed by atoms with E-state index in [0.29, 0.717) is 17.9 Å². The molecule has 8 nitrogen and oxygen atoms in total. The maximum atomic E-state index is 14.0. The summed E-state index contributed by atoms with van der Waals surface area (Å²) in [5.74, 6) is -0.114. The first-order valence-corrected chi connectivity index (χ1v) is 15.6. The third-order valence-electron chi connectivity index (χ3n) is 7.57. The van der Waals surface area contributed by atoms with Crippen LogP contribution in [0.15, 0.2) is 89.8 Å². The first kappa shape index (κ1) is 30.1. The number of nitrogens with zero attached hydrogens (tertiary/aromatic N) is 2. The second-order valence-corrected chi connectivity index (χ2v) is 12.2. The second kappa shape index (κ2) is 14.2. The Morgan fingerprint density at radius 2 is 1.51 bits per heavy atom. The molecule has 0 aliphatic heterocycles. The van der Waals surface area contributed by atoms with Crippen LogP contribution >= 0.6 is 0 Å². The van der Waals surface area contributed by atoms with E-state index >= 15 is 0 Å². The van der Waals surface area contributed by atoms with Gasteiger partial charge >= 0.3 is 0 Å². The fourth-order valence-corrected chi connectivity index (χ4v) is 6.57. The van der Waals surface area contributed by atoms with Gasteiger partial charge in [-0.3, -0.25) is 13.9 Å². The molecule has 1 N–H and O–H groups in total. The zero-order chi connectivity index (χ0) is 29.2. The third kappa shape index (κ3) is 7.88. The predicted molar refractivity (Wildman–Crippen MR) is 160 cm³/mol. The highest BCUT2D eigenvalue weighted by molar-refractivity contribution is 7.92. The van der Waals surface area contributed by atoms with Crippen LogP contribution in [0.4, 0.5) is 5.69 Å². The van der Waals surface area contributed by atoms with Crippen molar-refractivity contribution in [3.8, 4) is 5.75 Å². The number of methoxy groups -OCH3 is 1. The Balaban J connectivity index is 1.62. The number of sulfonamides is 1. The van der Waals surface area contributed by atoms with E-state index in [0.717, 1.165) is 35.6 Å². The zero-order valence-corrected chi connectivity index (χ0v) is 24.6. The number of hydrogen-bond acceptors (Lipinski definition) is 5. The van der Waals surface area contributed by atoms with Crippen LogP contribution in [0.3, 0.4) is 0 Å². The van der Waals surface area contributed by atoms with E-state index in [2.05, 4.69) is 5.32 Å². The van der Waals surface area contributed by atoms with Crippen LogP contribution in [0, 0.1) is 0 Å². The van der Waals surface area contributed by atoms with Crippen molar-refractivity contribution >= 4 is 27.5 Å².